The molecule has 7 aromatic rings. The number of aliphatic hydroxyl groups is 2. The van der Waals surface area contributed by atoms with Crippen LogP contribution in [0.25, 0.3) is 65.5 Å². The van der Waals surface area contributed by atoms with E-state index in [4.69, 9.17) is 14.6 Å². The summed E-state index contributed by atoms with van der Waals surface area (Å²) in [6.45, 7) is 0. The zero-order valence-electron chi connectivity index (χ0n) is 19.8. The maximum atomic E-state index is 7.00. The van der Waals surface area contributed by atoms with E-state index in [1.54, 1.807) is 0 Å². The van der Waals surface area contributed by atoms with Gasteiger partial charge in [0.1, 0.15) is 5.58 Å². The van der Waals surface area contributed by atoms with Crippen molar-refractivity contribution in [3.05, 3.63) is 103 Å². The Morgan fingerprint density at radius 3 is 1.69 bits per heavy atom. The standard InChI is InChI=1S/C29H16NO.2CH4O.Ir/c1-3-9-21-19(7-1)20-8-2-4-10-22(20)24-17-29-26(16-23(21)24)25-15-18(12-13-28(25)31-29)27-11-5-6-14-30-27;2*1-2;/h1-11,13-17H;2*2H,1H3;/q-1;;;. The molecule has 0 aliphatic rings. The minimum atomic E-state index is 0. The van der Waals surface area contributed by atoms with Gasteiger partial charge < -0.3 is 19.6 Å². The van der Waals surface area contributed by atoms with Crippen LogP contribution in [-0.2, 0) is 20.1 Å². The van der Waals surface area contributed by atoms with Gasteiger partial charge in [-0.25, -0.2) is 0 Å². The van der Waals surface area contributed by atoms with Crippen LogP contribution >= 0.6 is 0 Å². The first-order valence-electron chi connectivity index (χ1n) is 11.3. The van der Waals surface area contributed by atoms with Crippen LogP contribution in [0.3, 0.4) is 0 Å². The summed E-state index contributed by atoms with van der Waals surface area (Å²) in [6.07, 6.45) is 1.81. The third-order valence-corrected chi connectivity index (χ3v) is 6.21. The van der Waals surface area contributed by atoms with E-state index in [1.165, 1.54) is 32.3 Å². The monoisotopic (exact) mass is 651 g/mol. The van der Waals surface area contributed by atoms with Crippen LogP contribution in [0.2, 0.25) is 0 Å². The molecule has 36 heavy (non-hydrogen) atoms. The van der Waals surface area contributed by atoms with Crippen LogP contribution < -0.4 is 0 Å². The summed E-state index contributed by atoms with van der Waals surface area (Å²) < 4.78 is 6.26. The Morgan fingerprint density at radius 1 is 0.583 bits per heavy atom. The maximum absolute atomic E-state index is 7.00. The number of furan rings is 1. The molecule has 0 spiro atoms. The molecule has 181 valence electrons. The zero-order valence-corrected chi connectivity index (χ0v) is 22.2. The number of hydrogen-bond acceptors (Lipinski definition) is 4. The minimum Gasteiger partial charge on any atom is -0.500 e. The Morgan fingerprint density at radius 2 is 1.11 bits per heavy atom. The molecule has 4 nitrogen and oxygen atoms in total. The molecule has 0 fully saturated rings. The summed E-state index contributed by atoms with van der Waals surface area (Å²) in [5.74, 6) is 0. The number of aliphatic hydroxyl groups excluding tert-OH is 2. The van der Waals surface area contributed by atoms with Gasteiger partial charge in [0.05, 0.1) is 5.58 Å². The summed E-state index contributed by atoms with van der Waals surface area (Å²) in [7, 11) is 2.00. The van der Waals surface area contributed by atoms with Crippen LogP contribution in [0.4, 0.5) is 0 Å². The van der Waals surface area contributed by atoms with Crippen molar-refractivity contribution in [1.82, 2.24) is 4.98 Å². The Labute approximate surface area is 222 Å². The van der Waals surface area contributed by atoms with E-state index in [1.807, 2.05) is 30.5 Å². The van der Waals surface area contributed by atoms with Crippen molar-refractivity contribution in [3.63, 3.8) is 0 Å². The average molecular weight is 651 g/mol. The van der Waals surface area contributed by atoms with Crippen molar-refractivity contribution in [1.29, 1.82) is 0 Å². The fourth-order valence-electron chi connectivity index (χ4n) is 4.79. The van der Waals surface area contributed by atoms with Gasteiger partial charge in [-0.1, -0.05) is 66.0 Å². The smallest absolute Gasteiger partial charge is 0.121 e. The van der Waals surface area contributed by atoms with Gasteiger partial charge in [0.15, 0.2) is 0 Å². The molecule has 7 rings (SSSR count). The van der Waals surface area contributed by atoms with Gasteiger partial charge in [0, 0.05) is 45.9 Å². The molecular weight excluding hydrogens is 627 g/mol. The first-order chi connectivity index (χ1) is 17.4. The molecule has 0 aliphatic carbocycles. The van der Waals surface area contributed by atoms with E-state index in [2.05, 4.69) is 77.8 Å². The molecule has 1 radical (unpaired) electrons. The number of nitrogens with zero attached hydrogens (tertiary/aromatic N) is 1. The minimum absolute atomic E-state index is 0. The number of hydrogen-bond donors (Lipinski definition) is 2. The van der Waals surface area contributed by atoms with Crippen LogP contribution in [0.1, 0.15) is 0 Å². The van der Waals surface area contributed by atoms with Crippen LogP contribution in [0, 0.1) is 6.07 Å². The molecule has 5 heteroatoms. The fourth-order valence-corrected chi connectivity index (χ4v) is 4.79. The quantitative estimate of drug-likeness (QED) is 0.147. The molecule has 0 unspecified atom stereocenters. The molecular formula is C31H24IrNO3-. The zero-order chi connectivity index (χ0) is 24.4. The van der Waals surface area contributed by atoms with Crippen molar-refractivity contribution in [2.24, 2.45) is 0 Å². The third-order valence-electron chi connectivity index (χ3n) is 6.21. The summed E-state index contributed by atoms with van der Waals surface area (Å²) in [6, 6.07) is 35.1. The first kappa shape index (κ1) is 25.5. The van der Waals surface area contributed by atoms with E-state index >= 15 is 0 Å². The second kappa shape index (κ2) is 11.0. The summed E-state index contributed by atoms with van der Waals surface area (Å²) in [5.41, 5.74) is 3.63. The fraction of sp³-hybridized carbons (Fsp3) is 0.0645. The molecule has 0 aliphatic heterocycles. The molecule has 2 aromatic heterocycles. The van der Waals surface area contributed by atoms with Gasteiger partial charge in [-0.3, -0.25) is 0 Å². The van der Waals surface area contributed by atoms with Crippen molar-refractivity contribution >= 4 is 54.3 Å². The van der Waals surface area contributed by atoms with Gasteiger partial charge in [-0.15, -0.1) is 23.8 Å². The van der Waals surface area contributed by atoms with Gasteiger partial charge in [-0.2, -0.15) is 0 Å². The number of fused-ring (bicyclic) bond motifs is 9. The normalized spacial score (nSPS) is 10.6. The van der Waals surface area contributed by atoms with Gasteiger partial charge in [-0.05, 0) is 56.2 Å². The third kappa shape index (κ3) is 4.17. The second-order valence-electron chi connectivity index (χ2n) is 7.93. The van der Waals surface area contributed by atoms with E-state index in [0.29, 0.717) is 0 Å². The van der Waals surface area contributed by atoms with E-state index in [0.717, 1.165) is 47.4 Å². The van der Waals surface area contributed by atoms with Crippen molar-refractivity contribution in [3.8, 4) is 11.3 Å². The number of pyridine rings is 1. The Bertz CT molecular complexity index is 1790. The van der Waals surface area contributed by atoms with Gasteiger partial charge in [0.2, 0.25) is 0 Å². The van der Waals surface area contributed by atoms with Crippen LogP contribution in [-0.4, -0.2) is 29.4 Å². The number of rotatable bonds is 1. The maximum Gasteiger partial charge on any atom is 0.121 e. The van der Waals surface area contributed by atoms with Gasteiger partial charge >= 0.3 is 0 Å². The Balaban J connectivity index is 0.000000582. The van der Waals surface area contributed by atoms with Crippen LogP contribution in [0.15, 0.2) is 102 Å². The average Bonchev–Trinajstić information content (AvgIpc) is 3.32. The molecule has 2 N–H and O–H groups in total. The van der Waals surface area contributed by atoms with Crippen molar-refractivity contribution < 1.29 is 34.7 Å². The number of aromatic nitrogens is 1. The van der Waals surface area contributed by atoms with Crippen molar-refractivity contribution in [2.45, 2.75) is 0 Å². The SMILES string of the molecule is CO.CO.[Ir].[c-]1cc2oc3cc4c5ccccc5c5ccccc5c4cc3c2cc1-c1ccccn1. The molecule has 0 amide bonds. The van der Waals surface area contributed by atoms with E-state index in [-0.39, 0.29) is 20.1 Å². The molecule has 0 saturated heterocycles. The molecule has 0 saturated carbocycles. The number of benzene rings is 5. The molecule has 0 atom stereocenters. The molecule has 2 heterocycles. The van der Waals surface area contributed by atoms with Gasteiger partial charge in [0.25, 0.3) is 0 Å². The second-order valence-corrected chi connectivity index (χ2v) is 7.93. The topological polar surface area (TPSA) is 66.5 Å². The summed E-state index contributed by atoms with van der Waals surface area (Å²) >= 11 is 0. The predicted molar refractivity (Wildman–Crippen MR) is 145 cm³/mol. The molecule has 0 bridgehead atoms. The van der Waals surface area contributed by atoms with E-state index < -0.39 is 0 Å². The summed E-state index contributed by atoms with van der Waals surface area (Å²) in [4.78, 5) is 4.48. The van der Waals surface area contributed by atoms with E-state index in [9.17, 15) is 0 Å². The first-order valence-corrected chi connectivity index (χ1v) is 11.3. The summed E-state index contributed by atoms with van der Waals surface area (Å²) in [5, 5.41) is 23.7. The van der Waals surface area contributed by atoms with Crippen LogP contribution in [0.5, 0.6) is 0 Å². The largest absolute Gasteiger partial charge is 0.500 e. The Hall–Kier alpha value is -3.60. The Kier molecular flexibility index (Phi) is 7.78. The predicted octanol–water partition coefficient (Wildman–Crippen LogP) is 7.12. The van der Waals surface area contributed by atoms with Crippen molar-refractivity contribution in [2.75, 3.05) is 14.2 Å². The molecule has 5 aromatic carbocycles.